The van der Waals surface area contributed by atoms with Crippen molar-refractivity contribution in [2.75, 3.05) is 0 Å². The highest BCUT2D eigenvalue weighted by Crippen LogP contribution is 2.38. The van der Waals surface area contributed by atoms with Gasteiger partial charge in [0.25, 0.3) is 5.91 Å². The quantitative estimate of drug-likeness (QED) is 0.633. The summed E-state index contributed by atoms with van der Waals surface area (Å²) < 4.78 is 0. The van der Waals surface area contributed by atoms with Crippen molar-refractivity contribution >= 4 is 23.2 Å². The Labute approximate surface area is 162 Å². The molecule has 0 saturated carbocycles. The minimum absolute atomic E-state index is 0.0367. The molecule has 5 heteroatoms. The number of aromatic hydroxyl groups is 1. The van der Waals surface area contributed by atoms with E-state index in [1.165, 1.54) is 5.56 Å². The Morgan fingerprint density at radius 3 is 2.11 bits per heavy atom. The molecule has 0 saturated heterocycles. The van der Waals surface area contributed by atoms with E-state index in [1.54, 1.807) is 24.3 Å². The van der Waals surface area contributed by atoms with Gasteiger partial charge in [-0.15, -0.1) is 0 Å². The molecule has 4 nitrogen and oxygen atoms in total. The van der Waals surface area contributed by atoms with Gasteiger partial charge >= 0.3 is 0 Å². The van der Waals surface area contributed by atoms with Gasteiger partial charge in [-0.2, -0.15) is 0 Å². The number of aromatic amines is 1. The fourth-order valence-corrected chi connectivity index (χ4v) is 3.44. The number of amides is 1. The maximum Gasteiger partial charge on any atom is 0.280 e. The van der Waals surface area contributed by atoms with E-state index in [4.69, 9.17) is 11.6 Å². The van der Waals surface area contributed by atoms with Crippen LogP contribution >= 0.6 is 11.6 Å². The largest absolute Gasteiger partial charge is 0.494 e. The number of carbonyl (C=O) groups excluding carboxylic acids is 1. The van der Waals surface area contributed by atoms with Crippen LogP contribution in [0.15, 0.2) is 53.5 Å². The van der Waals surface area contributed by atoms with Crippen LogP contribution in [0.1, 0.15) is 47.8 Å². The van der Waals surface area contributed by atoms with Crippen molar-refractivity contribution in [2.24, 2.45) is 4.99 Å². The van der Waals surface area contributed by atoms with Crippen LogP contribution < -0.4 is 0 Å². The summed E-state index contributed by atoms with van der Waals surface area (Å²) in [6.45, 7) is 6.44. The second-order valence-corrected chi connectivity index (χ2v) is 8.13. The van der Waals surface area contributed by atoms with E-state index >= 15 is 0 Å². The van der Waals surface area contributed by atoms with E-state index in [0.29, 0.717) is 27.6 Å². The first-order valence-corrected chi connectivity index (χ1v) is 9.08. The fourth-order valence-electron chi connectivity index (χ4n) is 3.31. The zero-order chi connectivity index (χ0) is 19.3. The van der Waals surface area contributed by atoms with Crippen LogP contribution in [0.4, 0.5) is 0 Å². The summed E-state index contributed by atoms with van der Waals surface area (Å²) in [6, 6.07) is 15.0. The molecule has 136 valence electrons. The molecule has 1 amide bonds. The highest BCUT2D eigenvalue weighted by molar-refractivity contribution is 6.31. The number of aliphatic imine (C=N–C) groups is 1. The first-order valence-electron chi connectivity index (χ1n) is 8.71. The van der Waals surface area contributed by atoms with Crippen LogP contribution in [-0.2, 0) is 5.41 Å². The maximum absolute atomic E-state index is 12.6. The number of carbonyl (C=O) groups is 1. The SMILES string of the molecule is CC(C)(C)c1ccc(C2=NC(=O)c3c(-c4ccc(Cl)cc4)[nH]c(O)c32)cc1. The highest BCUT2D eigenvalue weighted by atomic mass is 35.5. The smallest absolute Gasteiger partial charge is 0.280 e. The minimum atomic E-state index is -0.360. The molecule has 1 aromatic heterocycles. The number of nitrogens with zero attached hydrogens (tertiary/aromatic N) is 1. The van der Waals surface area contributed by atoms with Crippen molar-refractivity contribution in [3.8, 4) is 17.1 Å². The highest BCUT2D eigenvalue weighted by Gasteiger charge is 2.33. The van der Waals surface area contributed by atoms with Gasteiger partial charge in [0, 0.05) is 10.6 Å². The van der Waals surface area contributed by atoms with E-state index in [0.717, 1.165) is 11.1 Å². The average Bonchev–Trinajstić information content (AvgIpc) is 3.14. The summed E-state index contributed by atoms with van der Waals surface area (Å²) in [5.74, 6) is -0.416. The number of H-pyrrole nitrogens is 1. The molecule has 0 aliphatic carbocycles. The number of fused-ring (bicyclic) bond motifs is 1. The Kier molecular flexibility index (Phi) is 3.97. The standard InChI is InChI=1S/C22H19ClN2O2/c1-22(2,3)14-8-4-12(5-9-14)18-16-17(21(27)24-18)19(25-20(16)26)13-6-10-15(23)11-7-13/h4-11,25-26H,1-3H3. The lowest BCUT2D eigenvalue weighted by Crippen LogP contribution is -2.11. The lowest BCUT2D eigenvalue weighted by Gasteiger charge is -2.19. The van der Waals surface area contributed by atoms with Crippen LogP contribution in [0, 0.1) is 0 Å². The van der Waals surface area contributed by atoms with Crippen molar-refractivity contribution < 1.29 is 9.90 Å². The third kappa shape index (κ3) is 2.96. The van der Waals surface area contributed by atoms with Crippen LogP contribution in [-0.4, -0.2) is 21.7 Å². The molecule has 0 fully saturated rings. The molecule has 4 rings (SSSR count). The Hall–Kier alpha value is -2.85. The first-order chi connectivity index (χ1) is 12.8. The van der Waals surface area contributed by atoms with Gasteiger partial charge in [-0.05, 0) is 28.7 Å². The van der Waals surface area contributed by atoms with Gasteiger partial charge < -0.3 is 10.1 Å². The van der Waals surface area contributed by atoms with E-state index < -0.39 is 0 Å². The lowest BCUT2D eigenvalue weighted by atomic mass is 9.86. The summed E-state index contributed by atoms with van der Waals surface area (Å²) in [7, 11) is 0. The van der Waals surface area contributed by atoms with Gasteiger partial charge in [-0.25, -0.2) is 4.99 Å². The zero-order valence-corrected chi connectivity index (χ0v) is 16.1. The van der Waals surface area contributed by atoms with Gasteiger partial charge in [0.05, 0.1) is 22.5 Å². The van der Waals surface area contributed by atoms with E-state index in [2.05, 4.69) is 30.7 Å². The summed E-state index contributed by atoms with van der Waals surface area (Å²) in [5.41, 5.74) is 4.68. The number of hydrogen-bond acceptors (Lipinski definition) is 2. The van der Waals surface area contributed by atoms with Crippen LogP contribution in [0.25, 0.3) is 11.3 Å². The molecule has 0 bridgehead atoms. The van der Waals surface area contributed by atoms with Gasteiger partial charge in [-0.1, -0.05) is 68.8 Å². The van der Waals surface area contributed by atoms with Gasteiger partial charge in [0.2, 0.25) is 0 Å². The molecule has 0 spiro atoms. The second kappa shape index (κ2) is 6.10. The summed E-state index contributed by atoms with van der Waals surface area (Å²) in [5, 5.41) is 11.1. The second-order valence-electron chi connectivity index (χ2n) is 7.70. The Bertz CT molecular complexity index is 1070. The average molecular weight is 379 g/mol. The van der Waals surface area contributed by atoms with Gasteiger partial charge in [0.15, 0.2) is 5.88 Å². The number of nitrogens with one attached hydrogen (secondary N) is 1. The maximum atomic E-state index is 12.6. The lowest BCUT2D eigenvalue weighted by molar-refractivity contribution is 0.101. The molecule has 0 radical (unpaired) electrons. The van der Waals surface area contributed by atoms with Gasteiger partial charge in [0.1, 0.15) is 0 Å². The molecule has 3 aromatic rings. The van der Waals surface area contributed by atoms with Crippen molar-refractivity contribution in [3.63, 3.8) is 0 Å². The van der Waals surface area contributed by atoms with Crippen molar-refractivity contribution in [1.82, 2.24) is 4.98 Å². The van der Waals surface area contributed by atoms with Gasteiger partial charge in [-0.3, -0.25) is 4.79 Å². The molecule has 1 aliphatic rings. The number of halogens is 1. The monoisotopic (exact) mass is 378 g/mol. The number of hydrogen-bond donors (Lipinski definition) is 2. The first kappa shape index (κ1) is 17.6. The number of aromatic nitrogens is 1. The van der Waals surface area contributed by atoms with Crippen LogP contribution in [0.3, 0.4) is 0 Å². The molecule has 2 N–H and O–H groups in total. The Morgan fingerprint density at radius 1 is 0.926 bits per heavy atom. The molecule has 2 aromatic carbocycles. The normalized spacial score (nSPS) is 13.6. The fraction of sp³-hybridized carbons (Fsp3) is 0.182. The zero-order valence-electron chi connectivity index (χ0n) is 15.3. The molecule has 2 heterocycles. The number of rotatable bonds is 2. The third-order valence-electron chi connectivity index (χ3n) is 4.80. The predicted molar refractivity (Wildman–Crippen MR) is 108 cm³/mol. The van der Waals surface area contributed by atoms with Crippen molar-refractivity contribution in [1.29, 1.82) is 0 Å². The molecule has 0 atom stereocenters. The molecular formula is C22H19ClN2O2. The van der Waals surface area contributed by atoms with E-state index in [9.17, 15) is 9.90 Å². The predicted octanol–water partition coefficient (Wildman–Crippen LogP) is 5.33. The summed E-state index contributed by atoms with van der Waals surface area (Å²) >= 11 is 5.95. The van der Waals surface area contributed by atoms with Crippen molar-refractivity contribution in [3.05, 3.63) is 75.8 Å². The number of benzene rings is 2. The molecule has 27 heavy (non-hydrogen) atoms. The van der Waals surface area contributed by atoms with Crippen LogP contribution in [0.2, 0.25) is 5.02 Å². The van der Waals surface area contributed by atoms with E-state index in [-0.39, 0.29) is 17.2 Å². The summed E-state index contributed by atoms with van der Waals surface area (Å²) in [6.07, 6.45) is 0. The molecule has 0 unspecified atom stereocenters. The topological polar surface area (TPSA) is 65.5 Å². The van der Waals surface area contributed by atoms with Crippen molar-refractivity contribution in [2.45, 2.75) is 26.2 Å². The van der Waals surface area contributed by atoms with Crippen LogP contribution in [0.5, 0.6) is 5.88 Å². The molecule has 1 aliphatic heterocycles. The Morgan fingerprint density at radius 2 is 1.52 bits per heavy atom. The Balaban J connectivity index is 1.80. The third-order valence-corrected chi connectivity index (χ3v) is 5.05. The summed E-state index contributed by atoms with van der Waals surface area (Å²) in [4.78, 5) is 19.7. The minimum Gasteiger partial charge on any atom is -0.494 e. The molecular weight excluding hydrogens is 360 g/mol. The van der Waals surface area contributed by atoms with E-state index in [1.807, 2.05) is 24.3 Å².